The van der Waals surface area contributed by atoms with Crippen molar-refractivity contribution in [3.05, 3.63) is 48.0 Å². The molecule has 4 nitrogen and oxygen atoms in total. The first-order valence-electron chi connectivity index (χ1n) is 8.39. The second-order valence-corrected chi connectivity index (χ2v) is 6.57. The first kappa shape index (κ1) is 15.8. The number of hydrogen-bond donors (Lipinski definition) is 2. The van der Waals surface area contributed by atoms with Gasteiger partial charge in [-0.2, -0.15) is 0 Å². The van der Waals surface area contributed by atoms with Gasteiger partial charge in [0.2, 0.25) is 5.91 Å². The summed E-state index contributed by atoms with van der Waals surface area (Å²) in [5.41, 5.74) is 1.31. The van der Waals surface area contributed by atoms with E-state index in [2.05, 4.69) is 17.4 Å². The Balaban J connectivity index is 1.43. The predicted octanol–water partition coefficient (Wildman–Crippen LogP) is 2.65. The van der Waals surface area contributed by atoms with Gasteiger partial charge in [0.1, 0.15) is 0 Å². The average Bonchev–Trinajstić information content (AvgIpc) is 3.16. The molecule has 2 N–H and O–H groups in total. The van der Waals surface area contributed by atoms with Crippen LogP contribution in [0.4, 0.5) is 0 Å². The zero-order valence-electron chi connectivity index (χ0n) is 13.2. The van der Waals surface area contributed by atoms with Crippen LogP contribution in [-0.4, -0.2) is 23.5 Å². The number of fused-ring (bicyclic) bond motifs is 2. The van der Waals surface area contributed by atoms with Crippen molar-refractivity contribution in [3.63, 3.8) is 0 Å². The number of amides is 1. The van der Waals surface area contributed by atoms with E-state index >= 15 is 0 Å². The number of unbranched alkanes of at least 4 members (excludes halogenated alkanes) is 1. The highest BCUT2D eigenvalue weighted by Gasteiger charge is 2.51. The Hall–Kier alpha value is -2.10. The van der Waals surface area contributed by atoms with Gasteiger partial charge < -0.3 is 10.4 Å². The molecule has 1 amide bonds. The number of aliphatic carboxylic acids is 1. The second-order valence-electron chi connectivity index (χ2n) is 6.57. The molecule has 0 spiro atoms. The molecule has 3 rings (SSSR count). The molecular weight excluding hydrogens is 290 g/mol. The first-order chi connectivity index (χ1) is 11.2. The Labute approximate surface area is 136 Å². The number of allylic oxidation sites excluding steroid dienone is 2. The third-order valence-corrected chi connectivity index (χ3v) is 5.08. The SMILES string of the molecule is O=C(O)[C@@H]1[C@H](C(=O)NCCCCc2ccccc2)[C@H]2C=C[C@H]1C2. The molecule has 23 heavy (non-hydrogen) atoms. The fourth-order valence-corrected chi connectivity index (χ4v) is 3.94. The van der Waals surface area contributed by atoms with Crippen LogP contribution >= 0.6 is 0 Å². The molecule has 1 fully saturated rings. The molecular formula is C19H23NO3. The molecule has 2 bridgehead atoms. The van der Waals surface area contributed by atoms with Gasteiger partial charge in [0.15, 0.2) is 0 Å². The maximum Gasteiger partial charge on any atom is 0.307 e. The Morgan fingerprint density at radius 1 is 1.04 bits per heavy atom. The number of benzene rings is 1. The van der Waals surface area contributed by atoms with Gasteiger partial charge >= 0.3 is 5.97 Å². The van der Waals surface area contributed by atoms with Crippen LogP contribution < -0.4 is 5.32 Å². The molecule has 0 aliphatic heterocycles. The zero-order chi connectivity index (χ0) is 16.2. The lowest BCUT2D eigenvalue weighted by molar-refractivity contribution is -0.147. The highest BCUT2D eigenvalue weighted by Crippen LogP contribution is 2.48. The highest BCUT2D eigenvalue weighted by atomic mass is 16.4. The van der Waals surface area contributed by atoms with Crippen molar-refractivity contribution in [2.75, 3.05) is 6.54 Å². The van der Waals surface area contributed by atoms with Gasteiger partial charge in [0.25, 0.3) is 0 Å². The summed E-state index contributed by atoms with van der Waals surface area (Å²) in [6.07, 6.45) is 7.73. The number of carboxylic acids is 1. The van der Waals surface area contributed by atoms with E-state index in [1.165, 1.54) is 5.56 Å². The normalized spacial score (nSPS) is 28.0. The van der Waals surface area contributed by atoms with Crippen molar-refractivity contribution in [2.45, 2.75) is 25.7 Å². The summed E-state index contributed by atoms with van der Waals surface area (Å²) in [5.74, 6) is -1.73. The van der Waals surface area contributed by atoms with Crippen LogP contribution in [0.3, 0.4) is 0 Å². The van der Waals surface area contributed by atoms with Crippen LogP contribution in [0.1, 0.15) is 24.8 Å². The highest BCUT2D eigenvalue weighted by molar-refractivity contribution is 5.86. The average molecular weight is 313 g/mol. The predicted molar refractivity (Wildman–Crippen MR) is 87.7 cm³/mol. The van der Waals surface area contributed by atoms with Crippen LogP contribution in [-0.2, 0) is 16.0 Å². The lowest BCUT2D eigenvalue weighted by atomic mass is 9.82. The summed E-state index contributed by atoms with van der Waals surface area (Å²) in [7, 11) is 0. The van der Waals surface area contributed by atoms with Crippen LogP contribution in [0.25, 0.3) is 0 Å². The van der Waals surface area contributed by atoms with E-state index < -0.39 is 17.8 Å². The molecule has 1 saturated carbocycles. The topological polar surface area (TPSA) is 66.4 Å². The molecule has 0 radical (unpaired) electrons. The lowest BCUT2D eigenvalue weighted by Crippen LogP contribution is -2.40. The van der Waals surface area contributed by atoms with Gasteiger partial charge in [0.05, 0.1) is 11.8 Å². The van der Waals surface area contributed by atoms with E-state index in [9.17, 15) is 14.7 Å². The molecule has 0 saturated heterocycles. The molecule has 0 unspecified atom stereocenters. The summed E-state index contributed by atoms with van der Waals surface area (Å²) in [6.45, 7) is 0.621. The van der Waals surface area contributed by atoms with Gasteiger partial charge in [-0.1, -0.05) is 42.5 Å². The molecule has 4 heteroatoms. The lowest BCUT2D eigenvalue weighted by Gasteiger charge is -2.23. The summed E-state index contributed by atoms with van der Waals surface area (Å²) in [6, 6.07) is 10.3. The van der Waals surface area contributed by atoms with Crippen molar-refractivity contribution >= 4 is 11.9 Å². The number of rotatable bonds is 7. The third kappa shape index (κ3) is 3.46. The summed E-state index contributed by atoms with van der Waals surface area (Å²) < 4.78 is 0. The third-order valence-electron chi connectivity index (χ3n) is 5.08. The van der Waals surface area contributed by atoms with Gasteiger partial charge in [-0.25, -0.2) is 0 Å². The van der Waals surface area contributed by atoms with Crippen molar-refractivity contribution in [3.8, 4) is 0 Å². The number of carboxylic acid groups (broad SMARTS) is 1. The number of carbonyl (C=O) groups excluding carboxylic acids is 1. The molecule has 122 valence electrons. The quantitative estimate of drug-likeness (QED) is 0.601. The zero-order valence-corrected chi connectivity index (χ0v) is 13.2. The standard InChI is InChI=1S/C19H23NO3/c21-18(16-14-9-10-15(12-14)17(16)19(22)23)20-11-5-4-8-13-6-2-1-3-7-13/h1-3,6-7,9-10,14-17H,4-5,8,11-12H2,(H,20,21)(H,22,23)/t14-,15-,16+,17-/m0/s1. The smallest absolute Gasteiger partial charge is 0.307 e. The van der Waals surface area contributed by atoms with E-state index in [1.54, 1.807) is 0 Å². The molecule has 0 aromatic heterocycles. The maximum atomic E-state index is 12.4. The van der Waals surface area contributed by atoms with Crippen molar-refractivity contribution in [1.82, 2.24) is 5.32 Å². The Bertz CT molecular complexity index is 596. The summed E-state index contributed by atoms with van der Waals surface area (Å²) in [5, 5.41) is 12.3. The van der Waals surface area contributed by atoms with Gasteiger partial charge in [-0.15, -0.1) is 0 Å². The van der Waals surface area contributed by atoms with Gasteiger partial charge in [-0.05, 0) is 43.1 Å². The van der Waals surface area contributed by atoms with E-state index in [0.717, 1.165) is 25.7 Å². The minimum atomic E-state index is -0.842. The van der Waals surface area contributed by atoms with Crippen LogP contribution in [0.5, 0.6) is 0 Å². The van der Waals surface area contributed by atoms with E-state index in [0.29, 0.717) is 6.54 Å². The molecule has 2 aliphatic carbocycles. The molecule has 1 aromatic rings. The minimum absolute atomic E-state index is 0.0336. The Morgan fingerprint density at radius 2 is 1.74 bits per heavy atom. The van der Waals surface area contributed by atoms with Crippen molar-refractivity contribution in [2.24, 2.45) is 23.7 Å². The first-order valence-corrected chi connectivity index (χ1v) is 8.39. The Morgan fingerprint density at radius 3 is 2.43 bits per heavy atom. The van der Waals surface area contributed by atoms with Crippen molar-refractivity contribution in [1.29, 1.82) is 0 Å². The van der Waals surface area contributed by atoms with Crippen LogP contribution in [0.15, 0.2) is 42.5 Å². The molecule has 4 atom stereocenters. The van der Waals surface area contributed by atoms with Gasteiger partial charge in [-0.3, -0.25) is 9.59 Å². The molecule has 1 aromatic carbocycles. The van der Waals surface area contributed by atoms with Crippen LogP contribution in [0.2, 0.25) is 0 Å². The maximum absolute atomic E-state index is 12.4. The van der Waals surface area contributed by atoms with E-state index in [-0.39, 0.29) is 17.7 Å². The molecule has 0 heterocycles. The van der Waals surface area contributed by atoms with Crippen LogP contribution in [0, 0.1) is 23.7 Å². The summed E-state index contributed by atoms with van der Waals surface area (Å²) in [4.78, 5) is 23.8. The fraction of sp³-hybridized carbons (Fsp3) is 0.474. The fourth-order valence-electron chi connectivity index (χ4n) is 3.94. The Kier molecular flexibility index (Phi) is 4.79. The number of carbonyl (C=O) groups is 2. The minimum Gasteiger partial charge on any atom is -0.481 e. The number of nitrogens with one attached hydrogen (secondary N) is 1. The monoisotopic (exact) mass is 313 g/mol. The summed E-state index contributed by atoms with van der Waals surface area (Å²) >= 11 is 0. The second kappa shape index (κ2) is 6.99. The molecule has 2 aliphatic rings. The largest absolute Gasteiger partial charge is 0.481 e. The number of aryl methyl sites for hydroxylation is 1. The van der Waals surface area contributed by atoms with Crippen molar-refractivity contribution < 1.29 is 14.7 Å². The van der Waals surface area contributed by atoms with E-state index in [1.807, 2.05) is 30.4 Å². The van der Waals surface area contributed by atoms with E-state index in [4.69, 9.17) is 0 Å². The number of hydrogen-bond acceptors (Lipinski definition) is 2. The van der Waals surface area contributed by atoms with Gasteiger partial charge in [0, 0.05) is 6.54 Å².